The van der Waals surface area contributed by atoms with Crippen LogP contribution < -0.4 is 10.1 Å². The van der Waals surface area contributed by atoms with E-state index in [9.17, 15) is 9.59 Å². The fourth-order valence-electron chi connectivity index (χ4n) is 1.68. The number of para-hydroxylation sites is 1. The van der Waals surface area contributed by atoms with Crippen molar-refractivity contribution >= 4 is 17.9 Å². The van der Waals surface area contributed by atoms with Crippen molar-refractivity contribution in [3.05, 3.63) is 60.2 Å². The summed E-state index contributed by atoms with van der Waals surface area (Å²) in [6, 6.07) is 15.7. The predicted octanol–water partition coefficient (Wildman–Crippen LogP) is 3.59. The van der Waals surface area contributed by atoms with Crippen LogP contribution in [0.3, 0.4) is 0 Å². The van der Waals surface area contributed by atoms with E-state index in [2.05, 4.69) is 5.32 Å². The standard InChI is InChI=1S/C16H16N2O4/c1-12-7-6-8-13(11-12)17-15(19)22-18(2)16(20)21-14-9-4-3-5-10-14/h3-11H,1-2H3,(H,17,19). The Balaban J connectivity index is 1.86. The summed E-state index contributed by atoms with van der Waals surface area (Å²) in [5.74, 6) is 0.363. The maximum absolute atomic E-state index is 11.8. The Bertz CT molecular complexity index is 658. The third-order valence-electron chi connectivity index (χ3n) is 2.69. The number of nitrogens with one attached hydrogen (secondary N) is 1. The van der Waals surface area contributed by atoms with Crippen molar-refractivity contribution in [3.63, 3.8) is 0 Å². The molecule has 0 radical (unpaired) electrons. The molecule has 1 N–H and O–H groups in total. The number of amides is 2. The molecule has 2 amide bonds. The molecule has 2 aromatic carbocycles. The molecule has 0 spiro atoms. The number of hydrogen-bond acceptors (Lipinski definition) is 4. The largest absolute Gasteiger partial charge is 0.448 e. The predicted molar refractivity (Wildman–Crippen MR) is 81.5 cm³/mol. The summed E-state index contributed by atoms with van der Waals surface area (Å²) in [6.07, 6.45) is -1.58. The van der Waals surface area contributed by atoms with E-state index in [0.717, 1.165) is 10.6 Å². The number of hydroxylamine groups is 2. The van der Waals surface area contributed by atoms with Gasteiger partial charge >= 0.3 is 12.2 Å². The lowest BCUT2D eigenvalue weighted by Gasteiger charge is -2.16. The molecule has 2 rings (SSSR count). The second-order valence-electron chi connectivity index (χ2n) is 4.55. The lowest BCUT2D eigenvalue weighted by molar-refractivity contribution is -0.0461. The van der Waals surface area contributed by atoms with Gasteiger partial charge in [-0.25, -0.2) is 9.59 Å². The Morgan fingerprint density at radius 2 is 1.77 bits per heavy atom. The minimum Gasteiger partial charge on any atom is -0.408 e. The molecular weight excluding hydrogens is 284 g/mol. The van der Waals surface area contributed by atoms with E-state index < -0.39 is 12.2 Å². The average Bonchev–Trinajstić information content (AvgIpc) is 2.48. The number of carbonyl (C=O) groups is 2. The Hall–Kier alpha value is -3.02. The molecule has 0 aliphatic heterocycles. The van der Waals surface area contributed by atoms with Gasteiger partial charge in [-0.2, -0.15) is 0 Å². The first-order valence-electron chi connectivity index (χ1n) is 6.61. The average molecular weight is 300 g/mol. The van der Waals surface area contributed by atoms with Crippen LogP contribution in [-0.4, -0.2) is 24.3 Å². The summed E-state index contributed by atoms with van der Waals surface area (Å²) < 4.78 is 5.03. The van der Waals surface area contributed by atoms with Gasteiger partial charge in [0.15, 0.2) is 0 Å². The molecule has 0 saturated heterocycles. The summed E-state index contributed by atoms with van der Waals surface area (Å²) in [7, 11) is 1.29. The number of ether oxygens (including phenoxy) is 1. The van der Waals surface area contributed by atoms with Crippen LogP contribution in [-0.2, 0) is 4.84 Å². The molecule has 0 aliphatic carbocycles. The van der Waals surface area contributed by atoms with Crippen LogP contribution >= 0.6 is 0 Å². The lowest BCUT2D eigenvalue weighted by Crippen LogP contribution is -2.34. The van der Waals surface area contributed by atoms with E-state index >= 15 is 0 Å². The molecule has 114 valence electrons. The van der Waals surface area contributed by atoms with Crippen LogP contribution in [0, 0.1) is 6.92 Å². The zero-order valence-electron chi connectivity index (χ0n) is 12.3. The van der Waals surface area contributed by atoms with Crippen molar-refractivity contribution in [2.45, 2.75) is 6.92 Å². The molecule has 0 aromatic heterocycles. The smallest absolute Gasteiger partial charge is 0.408 e. The summed E-state index contributed by atoms with van der Waals surface area (Å²) in [5.41, 5.74) is 1.57. The number of aryl methyl sites for hydroxylation is 1. The quantitative estimate of drug-likeness (QED) is 0.861. The molecule has 22 heavy (non-hydrogen) atoms. The Labute approximate surface area is 128 Å². The summed E-state index contributed by atoms with van der Waals surface area (Å²) in [4.78, 5) is 28.3. The fraction of sp³-hybridized carbons (Fsp3) is 0.125. The zero-order valence-corrected chi connectivity index (χ0v) is 12.3. The zero-order chi connectivity index (χ0) is 15.9. The minimum absolute atomic E-state index is 0.363. The van der Waals surface area contributed by atoms with E-state index in [-0.39, 0.29) is 0 Å². The van der Waals surface area contributed by atoms with Crippen molar-refractivity contribution in [3.8, 4) is 5.75 Å². The molecule has 0 atom stereocenters. The van der Waals surface area contributed by atoms with Gasteiger partial charge in [0, 0.05) is 5.69 Å². The van der Waals surface area contributed by atoms with Gasteiger partial charge < -0.3 is 9.57 Å². The van der Waals surface area contributed by atoms with Crippen LogP contribution in [0.15, 0.2) is 54.6 Å². The van der Waals surface area contributed by atoms with Gasteiger partial charge in [-0.1, -0.05) is 30.3 Å². The highest BCUT2D eigenvalue weighted by atomic mass is 16.8. The summed E-state index contributed by atoms with van der Waals surface area (Å²) >= 11 is 0. The lowest BCUT2D eigenvalue weighted by atomic mass is 10.2. The van der Waals surface area contributed by atoms with E-state index in [1.165, 1.54) is 7.05 Å². The van der Waals surface area contributed by atoms with Crippen molar-refractivity contribution < 1.29 is 19.2 Å². The van der Waals surface area contributed by atoms with Gasteiger partial charge in [0.2, 0.25) is 0 Å². The molecule has 0 aliphatic rings. The van der Waals surface area contributed by atoms with Gasteiger partial charge in [0.25, 0.3) is 0 Å². The highest BCUT2D eigenvalue weighted by Gasteiger charge is 2.16. The van der Waals surface area contributed by atoms with E-state index in [0.29, 0.717) is 11.4 Å². The first-order valence-corrected chi connectivity index (χ1v) is 6.61. The number of rotatable bonds is 2. The first kappa shape index (κ1) is 15.4. The SMILES string of the molecule is Cc1cccc(NC(=O)ON(C)C(=O)Oc2ccccc2)c1. The molecule has 2 aromatic rings. The fourth-order valence-corrected chi connectivity index (χ4v) is 1.68. The van der Waals surface area contributed by atoms with Crippen LogP contribution in [0.4, 0.5) is 15.3 Å². The third kappa shape index (κ3) is 4.52. The number of carbonyl (C=O) groups excluding carboxylic acids is 2. The van der Waals surface area contributed by atoms with Crippen LogP contribution in [0.1, 0.15) is 5.56 Å². The molecule has 0 heterocycles. The summed E-state index contributed by atoms with van der Waals surface area (Å²) in [5, 5.41) is 3.24. The molecule has 6 heteroatoms. The maximum Gasteiger partial charge on any atom is 0.448 e. The molecular formula is C16H16N2O4. The third-order valence-corrected chi connectivity index (χ3v) is 2.69. The number of anilines is 1. The maximum atomic E-state index is 11.8. The second-order valence-corrected chi connectivity index (χ2v) is 4.55. The van der Waals surface area contributed by atoms with Crippen molar-refractivity contribution in [1.82, 2.24) is 5.06 Å². The van der Waals surface area contributed by atoms with Crippen molar-refractivity contribution in [2.24, 2.45) is 0 Å². The summed E-state index contributed by atoms with van der Waals surface area (Å²) in [6.45, 7) is 1.90. The number of benzene rings is 2. The Kier molecular flexibility index (Phi) is 4.98. The monoisotopic (exact) mass is 300 g/mol. The van der Waals surface area contributed by atoms with E-state index in [1.807, 2.05) is 13.0 Å². The van der Waals surface area contributed by atoms with Gasteiger partial charge in [-0.3, -0.25) is 5.32 Å². The first-order chi connectivity index (χ1) is 10.5. The van der Waals surface area contributed by atoms with Gasteiger partial charge in [0.05, 0.1) is 7.05 Å². The molecule has 0 fully saturated rings. The van der Waals surface area contributed by atoms with Gasteiger partial charge in [0.1, 0.15) is 5.75 Å². The van der Waals surface area contributed by atoms with Gasteiger partial charge in [-0.05, 0) is 36.8 Å². The van der Waals surface area contributed by atoms with E-state index in [4.69, 9.17) is 9.57 Å². The Morgan fingerprint density at radius 1 is 1.05 bits per heavy atom. The minimum atomic E-state index is -0.800. The normalized spacial score (nSPS) is 9.73. The molecule has 0 saturated carbocycles. The second kappa shape index (κ2) is 7.12. The highest BCUT2D eigenvalue weighted by Crippen LogP contribution is 2.11. The topological polar surface area (TPSA) is 67.9 Å². The number of hydrogen-bond donors (Lipinski definition) is 1. The Morgan fingerprint density at radius 3 is 2.45 bits per heavy atom. The molecule has 6 nitrogen and oxygen atoms in total. The molecule has 0 bridgehead atoms. The molecule has 0 unspecified atom stereocenters. The van der Waals surface area contributed by atoms with Crippen LogP contribution in [0.5, 0.6) is 5.75 Å². The van der Waals surface area contributed by atoms with Crippen LogP contribution in [0.25, 0.3) is 0 Å². The van der Waals surface area contributed by atoms with Crippen LogP contribution in [0.2, 0.25) is 0 Å². The van der Waals surface area contributed by atoms with Crippen molar-refractivity contribution in [2.75, 3.05) is 12.4 Å². The number of nitrogens with zero attached hydrogens (tertiary/aromatic N) is 1. The van der Waals surface area contributed by atoms with Crippen molar-refractivity contribution in [1.29, 1.82) is 0 Å². The van der Waals surface area contributed by atoms with Gasteiger partial charge in [-0.15, -0.1) is 5.06 Å². The highest BCUT2D eigenvalue weighted by molar-refractivity contribution is 5.85. The van der Waals surface area contributed by atoms with E-state index in [1.54, 1.807) is 48.5 Å².